The summed E-state index contributed by atoms with van der Waals surface area (Å²) in [5, 5.41) is 7.01. The molecule has 1 amide bonds. The van der Waals surface area contributed by atoms with Crippen LogP contribution in [0, 0.1) is 0 Å². The third kappa shape index (κ3) is 8.30. The number of nitrogens with zero attached hydrogens (tertiary/aromatic N) is 3. The summed E-state index contributed by atoms with van der Waals surface area (Å²) in [6, 6.07) is 19.3. The van der Waals surface area contributed by atoms with Crippen LogP contribution in [0.5, 0.6) is 0 Å². The lowest BCUT2D eigenvalue weighted by atomic mass is 9.97. The highest BCUT2D eigenvalue weighted by Crippen LogP contribution is 2.20. The quantitative estimate of drug-likeness (QED) is 0.303. The highest BCUT2D eigenvalue weighted by Gasteiger charge is 2.26. The lowest BCUT2D eigenvalue weighted by molar-refractivity contribution is 0.0827. The van der Waals surface area contributed by atoms with Crippen molar-refractivity contribution in [2.24, 2.45) is 4.99 Å². The number of aliphatic imine (C=N–C) groups is 1. The predicted octanol–water partition coefficient (Wildman–Crippen LogP) is 4.11. The van der Waals surface area contributed by atoms with Gasteiger partial charge in [0.2, 0.25) is 0 Å². The van der Waals surface area contributed by atoms with Crippen LogP contribution < -0.4 is 10.6 Å². The molecular weight excluding hydrogens is 525 g/mol. The van der Waals surface area contributed by atoms with Crippen LogP contribution >= 0.6 is 24.0 Å². The number of benzene rings is 2. The maximum atomic E-state index is 12.1. The number of carbonyl (C=O) groups excluding carboxylic acids is 1. The molecule has 1 fully saturated rings. The van der Waals surface area contributed by atoms with Crippen molar-refractivity contribution in [3.63, 3.8) is 0 Å². The Labute approximate surface area is 215 Å². The molecule has 7 heteroatoms. The Morgan fingerprint density at radius 2 is 1.79 bits per heavy atom. The zero-order valence-corrected chi connectivity index (χ0v) is 22.6. The van der Waals surface area contributed by atoms with Crippen molar-refractivity contribution in [1.82, 2.24) is 20.4 Å². The van der Waals surface area contributed by atoms with Gasteiger partial charge in [-0.25, -0.2) is 4.99 Å². The van der Waals surface area contributed by atoms with Crippen molar-refractivity contribution in [2.45, 2.75) is 51.9 Å². The number of nitrogens with one attached hydrogen (secondary N) is 2. The lowest BCUT2D eigenvalue weighted by Crippen LogP contribution is -2.51. The monoisotopic (exact) mass is 563 g/mol. The fraction of sp³-hybridized carbons (Fsp3) is 0.462. The van der Waals surface area contributed by atoms with Gasteiger partial charge in [0.05, 0.1) is 6.54 Å². The molecule has 0 aromatic heterocycles. The van der Waals surface area contributed by atoms with Crippen LogP contribution in [0.25, 0.3) is 0 Å². The number of carbonyl (C=O) groups is 1. The van der Waals surface area contributed by atoms with Crippen LogP contribution in [0.2, 0.25) is 0 Å². The van der Waals surface area contributed by atoms with Crippen LogP contribution in [0.1, 0.15) is 48.2 Å². The Bertz CT molecular complexity index is 885. The summed E-state index contributed by atoms with van der Waals surface area (Å²) in [4.78, 5) is 21.0. The van der Waals surface area contributed by atoms with Crippen molar-refractivity contribution in [3.8, 4) is 0 Å². The van der Waals surface area contributed by atoms with E-state index in [2.05, 4.69) is 59.7 Å². The summed E-state index contributed by atoms with van der Waals surface area (Å²) >= 11 is 0. The molecule has 1 aliphatic heterocycles. The number of hydrogen-bond acceptors (Lipinski definition) is 3. The SMILES string of the molecule is CCNC(=NCc1ccc(C(=O)N(C)C)cc1)NC1CCN(Cc2ccccc2)C(C)C1.I. The summed E-state index contributed by atoms with van der Waals surface area (Å²) in [5.41, 5.74) is 3.16. The smallest absolute Gasteiger partial charge is 0.253 e. The molecule has 6 nitrogen and oxygen atoms in total. The van der Waals surface area contributed by atoms with E-state index in [1.54, 1.807) is 19.0 Å². The number of amides is 1. The van der Waals surface area contributed by atoms with E-state index in [4.69, 9.17) is 4.99 Å². The molecule has 1 heterocycles. The first kappa shape index (κ1) is 27.1. The van der Waals surface area contributed by atoms with E-state index in [1.165, 1.54) is 5.56 Å². The lowest BCUT2D eigenvalue weighted by Gasteiger charge is -2.38. The third-order valence-corrected chi connectivity index (χ3v) is 5.95. The second kappa shape index (κ2) is 13.5. The van der Waals surface area contributed by atoms with E-state index in [0.29, 0.717) is 24.2 Å². The minimum absolute atomic E-state index is 0. The molecule has 1 aliphatic rings. The number of rotatable bonds is 7. The second-order valence-corrected chi connectivity index (χ2v) is 8.76. The fourth-order valence-corrected chi connectivity index (χ4v) is 4.10. The van der Waals surface area contributed by atoms with Gasteiger partial charge < -0.3 is 15.5 Å². The van der Waals surface area contributed by atoms with Gasteiger partial charge in [0, 0.05) is 51.4 Å². The van der Waals surface area contributed by atoms with E-state index in [-0.39, 0.29) is 29.9 Å². The topological polar surface area (TPSA) is 60.0 Å². The van der Waals surface area contributed by atoms with E-state index >= 15 is 0 Å². The molecule has 0 radical (unpaired) electrons. The molecule has 2 aromatic carbocycles. The van der Waals surface area contributed by atoms with Crippen molar-refractivity contribution >= 4 is 35.8 Å². The van der Waals surface area contributed by atoms with E-state index in [0.717, 1.165) is 44.0 Å². The number of piperidine rings is 1. The first-order chi connectivity index (χ1) is 15.5. The van der Waals surface area contributed by atoms with E-state index in [1.807, 2.05) is 24.3 Å². The minimum Gasteiger partial charge on any atom is -0.357 e. The molecule has 2 aromatic rings. The predicted molar refractivity (Wildman–Crippen MR) is 147 cm³/mol. The first-order valence-corrected chi connectivity index (χ1v) is 11.6. The molecule has 0 spiro atoms. The molecule has 33 heavy (non-hydrogen) atoms. The summed E-state index contributed by atoms with van der Waals surface area (Å²) in [6.45, 7) is 7.89. The Morgan fingerprint density at radius 3 is 2.39 bits per heavy atom. The maximum Gasteiger partial charge on any atom is 0.253 e. The zero-order valence-electron chi connectivity index (χ0n) is 20.3. The van der Waals surface area contributed by atoms with Crippen LogP contribution in [-0.4, -0.2) is 60.9 Å². The minimum atomic E-state index is 0. The van der Waals surface area contributed by atoms with Gasteiger partial charge >= 0.3 is 0 Å². The fourth-order valence-electron chi connectivity index (χ4n) is 4.10. The van der Waals surface area contributed by atoms with Crippen LogP contribution in [0.15, 0.2) is 59.6 Å². The van der Waals surface area contributed by atoms with Crippen molar-refractivity contribution in [1.29, 1.82) is 0 Å². The Hall–Kier alpha value is -2.13. The van der Waals surface area contributed by atoms with E-state index in [9.17, 15) is 4.79 Å². The van der Waals surface area contributed by atoms with Gasteiger partial charge in [-0.15, -0.1) is 24.0 Å². The first-order valence-electron chi connectivity index (χ1n) is 11.6. The van der Waals surface area contributed by atoms with Crippen molar-refractivity contribution in [3.05, 3.63) is 71.3 Å². The normalized spacial score (nSPS) is 18.8. The number of guanidine groups is 1. The summed E-state index contributed by atoms with van der Waals surface area (Å²) in [5.74, 6) is 0.873. The Balaban J connectivity index is 0.00000385. The molecule has 0 aliphatic carbocycles. The molecular formula is C26H38IN5O. The van der Waals surface area contributed by atoms with Crippen LogP contribution in [0.4, 0.5) is 0 Å². The van der Waals surface area contributed by atoms with Gasteiger partial charge in [-0.2, -0.15) is 0 Å². The van der Waals surface area contributed by atoms with Crippen molar-refractivity contribution in [2.75, 3.05) is 27.2 Å². The standard InChI is InChI=1S/C26H37N5O.HI/c1-5-27-26(28-18-21-11-13-23(14-12-21)25(32)30(3)4)29-24-15-16-31(20(2)17-24)19-22-9-7-6-8-10-22;/h6-14,20,24H,5,15-19H2,1-4H3,(H2,27,28,29);1H. The highest BCUT2D eigenvalue weighted by molar-refractivity contribution is 14.0. The summed E-state index contributed by atoms with van der Waals surface area (Å²) in [6.07, 6.45) is 2.20. The van der Waals surface area contributed by atoms with Gasteiger partial charge in [-0.1, -0.05) is 42.5 Å². The van der Waals surface area contributed by atoms with Crippen LogP contribution in [-0.2, 0) is 13.1 Å². The third-order valence-electron chi connectivity index (χ3n) is 5.95. The molecule has 2 N–H and O–H groups in total. The zero-order chi connectivity index (χ0) is 22.9. The average Bonchev–Trinajstić information content (AvgIpc) is 2.80. The number of halogens is 1. The number of likely N-dealkylation sites (tertiary alicyclic amines) is 1. The molecule has 2 atom stereocenters. The van der Waals surface area contributed by atoms with Crippen molar-refractivity contribution < 1.29 is 4.79 Å². The molecule has 2 unspecified atom stereocenters. The Kier molecular flexibility index (Phi) is 11.1. The number of hydrogen-bond donors (Lipinski definition) is 2. The molecule has 1 saturated heterocycles. The molecule has 0 saturated carbocycles. The molecule has 0 bridgehead atoms. The van der Waals surface area contributed by atoms with Gasteiger partial charge in [0.25, 0.3) is 5.91 Å². The maximum absolute atomic E-state index is 12.1. The van der Waals surface area contributed by atoms with Gasteiger partial charge in [0.1, 0.15) is 0 Å². The molecule has 180 valence electrons. The van der Waals surface area contributed by atoms with Gasteiger partial charge in [-0.3, -0.25) is 9.69 Å². The van der Waals surface area contributed by atoms with Gasteiger partial charge in [0.15, 0.2) is 5.96 Å². The summed E-state index contributed by atoms with van der Waals surface area (Å²) in [7, 11) is 3.53. The second-order valence-electron chi connectivity index (χ2n) is 8.76. The van der Waals surface area contributed by atoms with E-state index < -0.39 is 0 Å². The Morgan fingerprint density at radius 1 is 1.09 bits per heavy atom. The molecule has 3 rings (SSSR count). The van der Waals surface area contributed by atoms with Crippen LogP contribution in [0.3, 0.4) is 0 Å². The highest BCUT2D eigenvalue weighted by atomic mass is 127. The summed E-state index contributed by atoms with van der Waals surface area (Å²) < 4.78 is 0. The largest absolute Gasteiger partial charge is 0.357 e. The average molecular weight is 564 g/mol. The van der Waals surface area contributed by atoms with Gasteiger partial charge in [-0.05, 0) is 49.9 Å².